The van der Waals surface area contributed by atoms with Crippen molar-refractivity contribution in [3.05, 3.63) is 54.1 Å². The van der Waals surface area contributed by atoms with Gasteiger partial charge in [-0.1, -0.05) is 17.7 Å². The second-order valence-electron chi connectivity index (χ2n) is 5.29. The van der Waals surface area contributed by atoms with Crippen LogP contribution in [0, 0.1) is 6.92 Å². The zero-order valence-electron chi connectivity index (χ0n) is 12.4. The number of rotatable bonds is 5. The Hall–Kier alpha value is -2.01. The summed E-state index contributed by atoms with van der Waals surface area (Å²) in [6.07, 6.45) is 0. The molecule has 0 bridgehead atoms. The van der Waals surface area contributed by atoms with Crippen LogP contribution in [-0.4, -0.2) is 14.5 Å². The molecule has 0 saturated carbocycles. The Balaban J connectivity index is 2.15. The SMILES string of the molecule is Cc1ccc(S(=O)(=O)Nc2ccc(NC(C)C)cc2)cc1. The molecule has 0 atom stereocenters. The van der Waals surface area contributed by atoms with Crippen LogP contribution in [0.2, 0.25) is 0 Å². The Kier molecular flexibility index (Phi) is 4.53. The zero-order valence-corrected chi connectivity index (χ0v) is 13.2. The fraction of sp³-hybridized carbons (Fsp3) is 0.250. The molecule has 5 heteroatoms. The predicted molar refractivity (Wildman–Crippen MR) is 87.2 cm³/mol. The highest BCUT2D eigenvalue weighted by molar-refractivity contribution is 7.92. The molecule has 0 amide bonds. The van der Waals surface area contributed by atoms with Crippen molar-refractivity contribution in [1.82, 2.24) is 0 Å². The summed E-state index contributed by atoms with van der Waals surface area (Å²) in [5, 5.41) is 3.26. The average molecular weight is 304 g/mol. The van der Waals surface area contributed by atoms with Gasteiger partial charge in [0, 0.05) is 17.4 Å². The van der Waals surface area contributed by atoms with Gasteiger partial charge < -0.3 is 5.32 Å². The van der Waals surface area contributed by atoms with Gasteiger partial charge in [0.1, 0.15) is 0 Å². The van der Waals surface area contributed by atoms with E-state index in [1.807, 2.05) is 32.9 Å². The molecule has 0 heterocycles. The van der Waals surface area contributed by atoms with Crippen LogP contribution in [0.5, 0.6) is 0 Å². The summed E-state index contributed by atoms with van der Waals surface area (Å²) in [6.45, 7) is 6.02. The van der Waals surface area contributed by atoms with Gasteiger partial charge in [-0.05, 0) is 57.2 Å². The van der Waals surface area contributed by atoms with Crippen molar-refractivity contribution in [1.29, 1.82) is 0 Å². The molecule has 4 nitrogen and oxygen atoms in total. The molecule has 21 heavy (non-hydrogen) atoms. The molecule has 0 aromatic heterocycles. The third-order valence-corrected chi connectivity index (χ3v) is 4.32. The minimum Gasteiger partial charge on any atom is -0.383 e. The van der Waals surface area contributed by atoms with Gasteiger partial charge in [0.15, 0.2) is 0 Å². The van der Waals surface area contributed by atoms with E-state index in [9.17, 15) is 8.42 Å². The van der Waals surface area contributed by atoms with Crippen LogP contribution in [0.15, 0.2) is 53.4 Å². The first-order valence-electron chi connectivity index (χ1n) is 6.83. The lowest BCUT2D eigenvalue weighted by Gasteiger charge is -2.12. The molecule has 2 aromatic rings. The Morgan fingerprint density at radius 1 is 0.857 bits per heavy atom. The molecule has 112 valence electrons. The van der Waals surface area contributed by atoms with Crippen LogP contribution in [0.3, 0.4) is 0 Å². The van der Waals surface area contributed by atoms with E-state index < -0.39 is 10.0 Å². The number of sulfonamides is 1. The average Bonchev–Trinajstić information content (AvgIpc) is 2.40. The first-order valence-corrected chi connectivity index (χ1v) is 8.31. The summed E-state index contributed by atoms with van der Waals surface area (Å²) in [6, 6.07) is 14.3. The van der Waals surface area contributed by atoms with Gasteiger partial charge in [0.25, 0.3) is 10.0 Å². The first-order chi connectivity index (χ1) is 9.87. The molecule has 2 N–H and O–H groups in total. The van der Waals surface area contributed by atoms with E-state index in [-0.39, 0.29) is 4.90 Å². The molecule has 0 aliphatic rings. The molecule has 0 saturated heterocycles. The first kappa shape index (κ1) is 15.4. The molecular formula is C16H20N2O2S. The maximum atomic E-state index is 12.2. The molecule has 2 rings (SSSR count). The fourth-order valence-electron chi connectivity index (χ4n) is 1.90. The maximum Gasteiger partial charge on any atom is 0.261 e. The number of hydrogen-bond acceptors (Lipinski definition) is 3. The smallest absolute Gasteiger partial charge is 0.261 e. The lowest BCUT2D eigenvalue weighted by atomic mass is 10.2. The van der Waals surface area contributed by atoms with Crippen molar-refractivity contribution >= 4 is 21.4 Å². The third-order valence-electron chi connectivity index (χ3n) is 2.92. The minimum atomic E-state index is -3.54. The number of nitrogens with one attached hydrogen (secondary N) is 2. The van der Waals surface area contributed by atoms with Crippen molar-refractivity contribution in [2.45, 2.75) is 31.7 Å². The molecule has 0 radical (unpaired) electrons. The van der Waals surface area contributed by atoms with E-state index in [1.165, 1.54) is 0 Å². The molecule has 2 aromatic carbocycles. The highest BCUT2D eigenvalue weighted by Crippen LogP contribution is 2.19. The zero-order chi connectivity index (χ0) is 15.5. The van der Waals surface area contributed by atoms with E-state index >= 15 is 0 Å². The standard InChI is InChI=1S/C16H20N2O2S/c1-12(2)17-14-6-8-15(9-7-14)18-21(19,20)16-10-4-13(3)5-11-16/h4-12,17-18H,1-3H3. The van der Waals surface area contributed by atoms with E-state index in [0.29, 0.717) is 11.7 Å². The Morgan fingerprint density at radius 3 is 1.90 bits per heavy atom. The lowest BCUT2D eigenvalue weighted by molar-refractivity contribution is 0.601. The van der Waals surface area contributed by atoms with Gasteiger partial charge in [-0.25, -0.2) is 8.42 Å². The number of hydrogen-bond donors (Lipinski definition) is 2. The van der Waals surface area contributed by atoms with Gasteiger partial charge in [-0.2, -0.15) is 0 Å². The van der Waals surface area contributed by atoms with Crippen LogP contribution >= 0.6 is 0 Å². The predicted octanol–water partition coefficient (Wildman–Crippen LogP) is 3.62. The largest absolute Gasteiger partial charge is 0.383 e. The number of anilines is 2. The van der Waals surface area contributed by atoms with Crippen LogP contribution in [-0.2, 0) is 10.0 Å². The van der Waals surface area contributed by atoms with Gasteiger partial charge in [0.2, 0.25) is 0 Å². The summed E-state index contributed by atoms with van der Waals surface area (Å²) < 4.78 is 27.1. The van der Waals surface area contributed by atoms with Gasteiger partial charge >= 0.3 is 0 Å². The van der Waals surface area contributed by atoms with Crippen molar-refractivity contribution < 1.29 is 8.42 Å². The van der Waals surface area contributed by atoms with Crippen molar-refractivity contribution in [3.8, 4) is 0 Å². The topological polar surface area (TPSA) is 58.2 Å². The number of aryl methyl sites for hydroxylation is 1. The summed E-state index contributed by atoms with van der Waals surface area (Å²) in [7, 11) is -3.54. The van der Waals surface area contributed by atoms with E-state index in [1.54, 1.807) is 36.4 Å². The number of benzene rings is 2. The highest BCUT2D eigenvalue weighted by atomic mass is 32.2. The minimum absolute atomic E-state index is 0.262. The fourth-order valence-corrected chi connectivity index (χ4v) is 2.96. The van der Waals surface area contributed by atoms with Gasteiger partial charge in [-0.3, -0.25) is 4.72 Å². The van der Waals surface area contributed by atoms with Crippen LogP contribution in [0.4, 0.5) is 11.4 Å². The highest BCUT2D eigenvalue weighted by Gasteiger charge is 2.13. The summed E-state index contributed by atoms with van der Waals surface area (Å²) >= 11 is 0. The quantitative estimate of drug-likeness (QED) is 0.887. The van der Waals surface area contributed by atoms with Crippen LogP contribution in [0.1, 0.15) is 19.4 Å². The molecular weight excluding hydrogens is 284 g/mol. The van der Waals surface area contributed by atoms with E-state index in [4.69, 9.17) is 0 Å². The summed E-state index contributed by atoms with van der Waals surface area (Å²) in [5.41, 5.74) is 2.53. The van der Waals surface area contributed by atoms with Crippen molar-refractivity contribution in [2.24, 2.45) is 0 Å². The molecule has 0 aliphatic carbocycles. The normalized spacial score (nSPS) is 11.4. The van der Waals surface area contributed by atoms with Crippen molar-refractivity contribution in [3.63, 3.8) is 0 Å². The molecule has 0 unspecified atom stereocenters. The molecule has 0 aliphatic heterocycles. The van der Waals surface area contributed by atoms with E-state index in [2.05, 4.69) is 10.0 Å². The Labute approximate surface area is 126 Å². The second kappa shape index (κ2) is 6.18. The van der Waals surface area contributed by atoms with Gasteiger partial charge in [-0.15, -0.1) is 0 Å². The van der Waals surface area contributed by atoms with Crippen LogP contribution in [0.25, 0.3) is 0 Å². The van der Waals surface area contributed by atoms with Gasteiger partial charge in [0.05, 0.1) is 4.90 Å². The second-order valence-corrected chi connectivity index (χ2v) is 6.98. The summed E-state index contributed by atoms with van der Waals surface area (Å²) in [4.78, 5) is 0.262. The Bertz CT molecular complexity index is 690. The van der Waals surface area contributed by atoms with E-state index in [0.717, 1.165) is 11.3 Å². The Morgan fingerprint density at radius 2 is 1.38 bits per heavy atom. The molecule has 0 spiro atoms. The summed E-state index contributed by atoms with van der Waals surface area (Å²) in [5.74, 6) is 0. The monoisotopic (exact) mass is 304 g/mol. The van der Waals surface area contributed by atoms with Crippen molar-refractivity contribution in [2.75, 3.05) is 10.0 Å². The molecule has 0 fully saturated rings. The lowest BCUT2D eigenvalue weighted by Crippen LogP contribution is -2.13. The maximum absolute atomic E-state index is 12.2. The third kappa shape index (κ3) is 4.23. The van der Waals surface area contributed by atoms with Crippen LogP contribution < -0.4 is 10.0 Å².